The Hall–Kier alpha value is -3.80. The van der Waals surface area contributed by atoms with E-state index in [9.17, 15) is 5.11 Å². The number of rotatable bonds is 15. The van der Waals surface area contributed by atoms with Crippen LogP contribution in [0.15, 0.2) is 97.1 Å². The SMILES string of the molecule is COc1cc(O)c2c3c1O[C@H]1[C@@H](N(CCCCCCc4ccccc4)CC(c4ccccc4)c4ccccc4)CC[C@H]4[C@@H](C2)N(CC2CC2)CC[C@@]341. The summed E-state index contributed by atoms with van der Waals surface area (Å²) < 4.78 is 13.3. The quantitative estimate of drug-likeness (QED) is 0.126. The molecule has 1 N–H and O–H groups in total. The van der Waals surface area contributed by atoms with Crippen LogP contribution in [-0.4, -0.2) is 66.4 Å². The van der Waals surface area contributed by atoms with Gasteiger partial charge in [0.15, 0.2) is 11.5 Å². The summed E-state index contributed by atoms with van der Waals surface area (Å²) in [5.74, 6) is 3.70. The number of phenolic OH excluding ortho intramolecular Hbond substituents is 1. The van der Waals surface area contributed by atoms with Gasteiger partial charge in [0, 0.05) is 53.7 Å². The monoisotopic (exact) mass is 696 g/mol. The number of nitrogens with zero attached hydrogens (tertiary/aromatic N) is 2. The van der Waals surface area contributed by atoms with Gasteiger partial charge in [-0.15, -0.1) is 0 Å². The summed E-state index contributed by atoms with van der Waals surface area (Å²) >= 11 is 0. The van der Waals surface area contributed by atoms with Crippen molar-refractivity contribution in [2.45, 2.75) is 100 Å². The van der Waals surface area contributed by atoms with Gasteiger partial charge in [0.2, 0.25) is 0 Å². The summed E-state index contributed by atoms with van der Waals surface area (Å²) in [6.07, 6.45) is 13.3. The van der Waals surface area contributed by atoms with E-state index < -0.39 is 0 Å². The number of hydrogen-bond donors (Lipinski definition) is 1. The number of piperidine rings is 1. The molecule has 1 spiro atoms. The third-order valence-corrected chi connectivity index (χ3v) is 13.7. The molecule has 2 heterocycles. The van der Waals surface area contributed by atoms with Gasteiger partial charge in [0.25, 0.3) is 0 Å². The number of aromatic hydroxyl groups is 1. The topological polar surface area (TPSA) is 45.2 Å². The molecule has 0 radical (unpaired) electrons. The molecule has 3 fully saturated rings. The lowest BCUT2D eigenvalue weighted by Gasteiger charge is -2.60. The van der Waals surface area contributed by atoms with Gasteiger partial charge in [0.1, 0.15) is 11.9 Å². The Morgan fingerprint density at radius 1 is 0.865 bits per heavy atom. The Morgan fingerprint density at radius 2 is 1.56 bits per heavy atom. The van der Waals surface area contributed by atoms with Gasteiger partial charge in [-0.25, -0.2) is 0 Å². The lowest BCUT2D eigenvalue weighted by Crippen LogP contribution is -2.69. The molecule has 4 aromatic rings. The van der Waals surface area contributed by atoms with Gasteiger partial charge in [0.05, 0.1) is 7.11 Å². The number of methoxy groups -OCH3 is 1. The fourth-order valence-electron chi connectivity index (χ4n) is 11.1. The summed E-state index contributed by atoms with van der Waals surface area (Å²) in [6.45, 7) is 4.37. The first-order valence-corrected chi connectivity index (χ1v) is 20.4. The zero-order valence-electron chi connectivity index (χ0n) is 31.0. The highest BCUT2D eigenvalue weighted by atomic mass is 16.5. The molecule has 5 nitrogen and oxygen atoms in total. The Balaban J connectivity index is 1.04. The van der Waals surface area contributed by atoms with Crippen LogP contribution in [0.2, 0.25) is 0 Å². The van der Waals surface area contributed by atoms with Crippen molar-refractivity contribution in [1.82, 2.24) is 9.80 Å². The average molecular weight is 697 g/mol. The minimum Gasteiger partial charge on any atom is -0.508 e. The fourth-order valence-corrected chi connectivity index (χ4v) is 11.1. The molecule has 2 saturated carbocycles. The number of unbranched alkanes of at least 4 members (excludes halogenated alkanes) is 3. The Kier molecular flexibility index (Phi) is 9.52. The van der Waals surface area contributed by atoms with Gasteiger partial charge in [-0.05, 0) is 99.4 Å². The molecule has 52 heavy (non-hydrogen) atoms. The van der Waals surface area contributed by atoms with Gasteiger partial charge >= 0.3 is 0 Å². The van der Waals surface area contributed by atoms with E-state index in [1.807, 2.05) is 6.07 Å². The molecule has 1 saturated heterocycles. The standard InChI is InChI=1S/C47H56N2O3/c1-51-43-30-42(50)37-29-41-39-24-25-40(46-47(39,44(37)45(43)52-46)26-28-49(41)31-34-22-23-34)48(27-14-3-2-7-15-33-16-8-4-9-17-33)32-38(35-18-10-5-11-19-35)36-20-12-6-13-21-36/h4-6,8-13,16-21,30,34,38-41,46,50H,2-3,7,14-15,22-29,31-32H2,1H3/t39-,40-,41+,46-,47-/m0/s1. The maximum Gasteiger partial charge on any atom is 0.166 e. The second kappa shape index (κ2) is 14.6. The van der Waals surface area contributed by atoms with Crippen LogP contribution in [0.25, 0.3) is 0 Å². The van der Waals surface area contributed by atoms with Crippen LogP contribution in [0, 0.1) is 11.8 Å². The van der Waals surface area contributed by atoms with E-state index in [1.165, 1.54) is 73.7 Å². The molecule has 5 atom stereocenters. The highest BCUT2D eigenvalue weighted by Crippen LogP contribution is 2.66. The lowest BCUT2D eigenvalue weighted by molar-refractivity contribution is -0.0900. The van der Waals surface area contributed by atoms with Crippen molar-refractivity contribution < 1.29 is 14.6 Å². The van der Waals surface area contributed by atoms with Crippen LogP contribution in [0.5, 0.6) is 17.2 Å². The summed E-state index contributed by atoms with van der Waals surface area (Å²) in [7, 11) is 1.73. The summed E-state index contributed by atoms with van der Waals surface area (Å²) in [6, 6.07) is 35.9. The molecule has 9 rings (SSSR count). The van der Waals surface area contributed by atoms with Crippen LogP contribution in [-0.2, 0) is 18.3 Å². The molecule has 0 aromatic heterocycles. The average Bonchev–Trinajstić information content (AvgIpc) is 3.95. The van der Waals surface area contributed by atoms with Crippen LogP contribution in [0.4, 0.5) is 0 Å². The molecule has 0 unspecified atom stereocenters. The number of hydrogen-bond acceptors (Lipinski definition) is 5. The minimum absolute atomic E-state index is 0.0480. The maximum absolute atomic E-state index is 11.6. The van der Waals surface area contributed by atoms with E-state index in [-0.39, 0.29) is 23.5 Å². The minimum atomic E-state index is -0.0918. The predicted molar refractivity (Wildman–Crippen MR) is 209 cm³/mol. The zero-order valence-corrected chi connectivity index (χ0v) is 31.0. The first-order valence-electron chi connectivity index (χ1n) is 20.4. The molecule has 2 bridgehead atoms. The molecule has 5 heteroatoms. The second-order valence-corrected chi connectivity index (χ2v) is 16.6. The first-order chi connectivity index (χ1) is 25.6. The Labute approximate surface area is 311 Å². The molecular formula is C47H56N2O3. The van der Waals surface area contributed by atoms with Crippen molar-refractivity contribution >= 4 is 0 Å². The zero-order chi connectivity index (χ0) is 35.1. The number of benzene rings is 4. The molecule has 5 aliphatic rings. The van der Waals surface area contributed by atoms with E-state index in [2.05, 4.69) is 101 Å². The first kappa shape index (κ1) is 34.0. The van der Waals surface area contributed by atoms with Crippen LogP contribution >= 0.6 is 0 Å². The van der Waals surface area contributed by atoms with Gasteiger partial charge in [-0.1, -0.05) is 104 Å². The van der Waals surface area contributed by atoms with Crippen LogP contribution < -0.4 is 9.47 Å². The highest BCUT2D eigenvalue weighted by Gasteiger charge is 2.67. The molecule has 0 amide bonds. The highest BCUT2D eigenvalue weighted by molar-refractivity contribution is 5.65. The van der Waals surface area contributed by atoms with E-state index in [0.29, 0.717) is 23.5 Å². The summed E-state index contributed by atoms with van der Waals surface area (Å²) in [5, 5.41) is 11.6. The summed E-state index contributed by atoms with van der Waals surface area (Å²) in [5.41, 5.74) is 6.55. The van der Waals surface area contributed by atoms with Crippen molar-refractivity contribution in [2.24, 2.45) is 11.8 Å². The van der Waals surface area contributed by atoms with E-state index in [4.69, 9.17) is 9.47 Å². The molecule has 2 aliphatic heterocycles. The molecule has 3 aliphatic carbocycles. The van der Waals surface area contributed by atoms with Crippen LogP contribution in [0.1, 0.15) is 91.5 Å². The number of aryl methyl sites for hydroxylation is 1. The number of phenols is 1. The normalized spacial score (nSPS) is 26.0. The maximum atomic E-state index is 11.6. The van der Waals surface area contributed by atoms with Crippen molar-refractivity contribution in [3.8, 4) is 17.2 Å². The van der Waals surface area contributed by atoms with Crippen molar-refractivity contribution in [3.63, 3.8) is 0 Å². The Morgan fingerprint density at radius 3 is 2.25 bits per heavy atom. The lowest BCUT2D eigenvalue weighted by atomic mass is 9.50. The van der Waals surface area contributed by atoms with E-state index >= 15 is 0 Å². The summed E-state index contributed by atoms with van der Waals surface area (Å²) in [4.78, 5) is 5.68. The van der Waals surface area contributed by atoms with Gasteiger partial charge in [-0.3, -0.25) is 9.80 Å². The van der Waals surface area contributed by atoms with Crippen molar-refractivity contribution in [1.29, 1.82) is 0 Å². The van der Waals surface area contributed by atoms with Gasteiger partial charge < -0.3 is 14.6 Å². The smallest absolute Gasteiger partial charge is 0.166 e. The predicted octanol–water partition coefficient (Wildman–Crippen LogP) is 9.16. The Bertz CT molecular complexity index is 1770. The van der Waals surface area contributed by atoms with E-state index in [1.54, 1.807) is 7.11 Å². The third-order valence-electron chi connectivity index (χ3n) is 13.7. The number of ether oxygens (including phenoxy) is 2. The van der Waals surface area contributed by atoms with E-state index in [0.717, 1.165) is 62.5 Å². The molecular weight excluding hydrogens is 641 g/mol. The largest absolute Gasteiger partial charge is 0.508 e. The molecule has 272 valence electrons. The molecule has 4 aromatic carbocycles. The number of likely N-dealkylation sites (tertiary alicyclic amines) is 1. The second-order valence-electron chi connectivity index (χ2n) is 16.6. The van der Waals surface area contributed by atoms with Crippen molar-refractivity contribution in [3.05, 3.63) is 125 Å². The van der Waals surface area contributed by atoms with Crippen LogP contribution in [0.3, 0.4) is 0 Å². The fraction of sp³-hybridized carbons (Fsp3) is 0.489. The van der Waals surface area contributed by atoms with Crippen molar-refractivity contribution in [2.75, 3.05) is 33.3 Å². The third kappa shape index (κ3) is 6.22. The van der Waals surface area contributed by atoms with Gasteiger partial charge in [-0.2, -0.15) is 0 Å².